The van der Waals surface area contributed by atoms with Crippen LogP contribution in [0.3, 0.4) is 0 Å². The first-order chi connectivity index (χ1) is 9.58. The lowest BCUT2D eigenvalue weighted by Gasteiger charge is -2.32. The summed E-state index contributed by atoms with van der Waals surface area (Å²) in [6.45, 7) is 0.00717. The van der Waals surface area contributed by atoms with Crippen LogP contribution < -0.4 is 4.74 Å². The number of rotatable bonds is 2. The maximum Gasteiger partial charge on any atom is 0.417 e. The predicted molar refractivity (Wildman–Crippen MR) is 69.4 cm³/mol. The molecule has 6 nitrogen and oxygen atoms in total. The molecule has 108 valence electrons. The van der Waals surface area contributed by atoms with Crippen molar-refractivity contribution in [1.82, 2.24) is 4.90 Å². The zero-order valence-electron chi connectivity index (χ0n) is 10.5. The molecule has 1 saturated heterocycles. The van der Waals surface area contributed by atoms with Gasteiger partial charge in [-0.1, -0.05) is 11.6 Å². The number of fused-ring (bicyclic) bond motifs is 1. The normalized spacial score (nSPS) is 29.2. The fourth-order valence-electron chi connectivity index (χ4n) is 2.46. The van der Waals surface area contributed by atoms with Crippen molar-refractivity contribution in [1.29, 1.82) is 0 Å². The molecule has 1 aromatic rings. The number of hydrogen-bond donors (Lipinski definition) is 2. The Hall–Kier alpha value is -1.34. The van der Waals surface area contributed by atoms with Gasteiger partial charge in [0, 0.05) is 17.0 Å². The van der Waals surface area contributed by atoms with Crippen molar-refractivity contribution in [2.45, 2.75) is 31.4 Å². The van der Waals surface area contributed by atoms with E-state index in [0.717, 1.165) is 5.56 Å². The first-order valence-corrected chi connectivity index (χ1v) is 6.67. The Balaban J connectivity index is 1.80. The first-order valence-electron chi connectivity index (χ1n) is 6.29. The number of aliphatic hydroxyl groups excluding tert-OH is 2. The highest BCUT2D eigenvalue weighted by atomic mass is 35.5. The van der Waals surface area contributed by atoms with Gasteiger partial charge < -0.3 is 19.7 Å². The molecule has 0 spiro atoms. The van der Waals surface area contributed by atoms with Crippen LogP contribution in [0.1, 0.15) is 12.0 Å². The fourth-order valence-corrected chi connectivity index (χ4v) is 2.66. The van der Waals surface area contributed by atoms with Crippen LogP contribution in [0.4, 0.5) is 4.79 Å². The van der Waals surface area contributed by atoms with E-state index in [-0.39, 0.29) is 13.0 Å². The summed E-state index contributed by atoms with van der Waals surface area (Å²) in [6, 6.07) is 5.03. The number of ether oxygens (including phenoxy) is 2. The second kappa shape index (κ2) is 5.21. The van der Waals surface area contributed by atoms with E-state index in [1.54, 1.807) is 18.2 Å². The average molecular weight is 300 g/mol. The second-order valence-corrected chi connectivity index (χ2v) is 5.30. The van der Waals surface area contributed by atoms with Gasteiger partial charge in [-0.25, -0.2) is 4.79 Å². The van der Waals surface area contributed by atoms with Gasteiger partial charge in [-0.15, -0.1) is 0 Å². The molecule has 0 aliphatic carbocycles. The summed E-state index contributed by atoms with van der Waals surface area (Å²) in [5, 5.41) is 19.4. The SMILES string of the molecule is O=C1Oc2ccc(Cl)cc2CN1[C@H]1C[C@H](O)[C@@H](CO)O1. The van der Waals surface area contributed by atoms with Gasteiger partial charge in [0.25, 0.3) is 0 Å². The molecule has 3 atom stereocenters. The maximum absolute atomic E-state index is 12.0. The molecule has 0 bridgehead atoms. The van der Waals surface area contributed by atoms with E-state index >= 15 is 0 Å². The third-order valence-corrected chi connectivity index (χ3v) is 3.76. The number of nitrogens with zero attached hydrogens (tertiary/aromatic N) is 1. The molecule has 20 heavy (non-hydrogen) atoms. The number of carbonyl (C=O) groups is 1. The summed E-state index contributed by atoms with van der Waals surface area (Å²) >= 11 is 5.93. The monoisotopic (exact) mass is 299 g/mol. The Morgan fingerprint density at radius 2 is 2.25 bits per heavy atom. The first kappa shape index (κ1) is 13.6. The topological polar surface area (TPSA) is 79.2 Å². The Morgan fingerprint density at radius 3 is 2.95 bits per heavy atom. The van der Waals surface area contributed by atoms with Crippen molar-refractivity contribution < 1.29 is 24.5 Å². The molecule has 3 rings (SSSR count). The molecule has 0 aromatic heterocycles. The van der Waals surface area contributed by atoms with E-state index in [1.807, 2.05) is 0 Å². The van der Waals surface area contributed by atoms with Gasteiger partial charge in [-0.3, -0.25) is 4.90 Å². The zero-order valence-corrected chi connectivity index (χ0v) is 11.3. The summed E-state index contributed by atoms with van der Waals surface area (Å²) in [5.41, 5.74) is 0.780. The minimum Gasteiger partial charge on any atom is -0.410 e. The Bertz CT molecular complexity index is 537. The molecule has 2 heterocycles. The van der Waals surface area contributed by atoms with Crippen LogP contribution >= 0.6 is 11.6 Å². The Morgan fingerprint density at radius 1 is 1.45 bits per heavy atom. The van der Waals surface area contributed by atoms with Crippen molar-refractivity contribution in [3.8, 4) is 5.75 Å². The number of carbonyl (C=O) groups excluding carboxylic acids is 1. The van der Waals surface area contributed by atoms with Crippen molar-refractivity contribution in [3.05, 3.63) is 28.8 Å². The van der Waals surface area contributed by atoms with E-state index in [1.165, 1.54) is 4.90 Å². The highest BCUT2D eigenvalue weighted by Gasteiger charge is 2.41. The van der Waals surface area contributed by atoms with Crippen LogP contribution in [-0.2, 0) is 11.3 Å². The van der Waals surface area contributed by atoms with Crippen LogP contribution in [0.25, 0.3) is 0 Å². The van der Waals surface area contributed by atoms with Crippen LogP contribution in [0.15, 0.2) is 18.2 Å². The van der Waals surface area contributed by atoms with Crippen LogP contribution in [0.5, 0.6) is 5.75 Å². The summed E-state index contributed by atoms with van der Waals surface area (Å²) in [6.07, 6.45) is -2.36. The van der Waals surface area contributed by atoms with E-state index in [4.69, 9.17) is 26.2 Å². The third-order valence-electron chi connectivity index (χ3n) is 3.53. The van der Waals surface area contributed by atoms with Gasteiger partial charge in [0.2, 0.25) is 0 Å². The maximum atomic E-state index is 12.0. The molecule has 1 aromatic carbocycles. The van der Waals surface area contributed by atoms with Crippen LogP contribution in [0.2, 0.25) is 5.02 Å². The van der Waals surface area contributed by atoms with Gasteiger partial charge in [-0.2, -0.15) is 0 Å². The smallest absolute Gasteiger partial charge is 0.410 e. The fraction of sp³-hybridized carbons (Fsp3) is 0.462. The second-order valence-electron chi connectivity index (χ2n) is 4.86. The molecule has 2 N–H and O–H groups in total. The van der Waals surface area contributed by atoms with Gasteiger partial charge >= 0.3 is 6.09 Å². The quantitative estimate of drug-likeness (QED) is 0.855. The Labute approximate surface area is 120 Å². The van der Waals surface area contributed by atoms with Crippen molar-refractivity contribution >= 4 is 17.7 Å². The van der Waals surface area contributed by atoms with E-state index in [2.05, 4.69) is 0 Å². The van der Waals surface area contributed by atoms with E-state index in [9.17, 15) is 9.90 Å². The minimum atomic E-state index is -0.793. The average Bonchev–Trinajstić information content (AvgIpc) is 2.79. The summed E-state index contributed by atoms with van der Waals surface area (Å²) in [7, 11) is 0. The molecule has 1 amide bonds. The third kappa shape index (κ3) is 2.35. The number of aliphatic hydroxyl groups is 2. The molecule has 7 heteroatoms. The predicted octanol–water partition coefficient (Wildman–Crippen LogP) is 1.12. The molecule has 0 radical (unpaired) electrons. The lowest BCUT2D eigenvalue weighted by molar-refractivity contribution is -0.0735. The summed E-state index contributed by atoms with van der Waals surface area (Å²) in [4.78, 5) is 13.4. The van der Waals surface area contributed by atoms with Gasteiger partial charge in [0.15, 0.2) is 0 Å². The van der Waals surface area contributed by atoms with Gasteiger partial charge in [-0.05, 0) is 18.2 Å². The number of amides is 1. The van der Waals surface area contributed by atoms with Gasteiger partial charge in [0.1, 0.15) is 18.1 Å². The standard InChI is InChI=1S/C13H14ClNO5/c14-8-1-2-10-7(3-8)5-15(13(18)20-10)12-4-9(17)11(6-16)19-12/h1-3,9,11-12,16-17H,4-6H2/t9-,11+,12+/m0/s1. The molecule has 0 unspecified atom stereocenters. The van der Waals surface area contributed by atoms with E-state index in [0.29, 0.717) is 17.3 Å². The Kier molecular flexibility index (Phi) is 3.55. The highest BCUT2D eigenvalue weighted by molar-refractivity contribution is 6.30. The lowest BCUT2D eigenvalue weighted by atomic mass is 10.1. The highest BCUT2D eigenvalue weighted by Crippen LogP contribution is 2.32. The minimum absolute atomic E-state index is 0.246. The number of benzene rings is 1. The van der Waals surface area contributed by atoms with E-state index < -0.39 is 24.5 Å². The lowest BCUT2D eigenvalue weighted by Crippen LogP contribution is -2.44. The largest absolute Gasteiger partial charge is 0.417 e. The molecule has 0 saturated carbocycles. The number of halogens is 1. The number of hydrogen-bond acceptors (Lipinski definition) is 5. The van der Waals surface area contributed by atoms with Gasteiger partial charge in [0.05, 0.1) is 19.3 Å². The van der Waals surface area contributed by atoms with Crippen molar-refractivity contribution in [2.24, 2.45) is 0 Å². The molecule has 2 aliphatic rings. The van der Waals surface area contributed by atoms with Crippen LogP contribution in [-0.4, -0.2) is 46.2 Å². The summed E-state index contributed by atoms with van der Waals surface area (Å²) in [5.74, 6) is 0.480. The molecular weight excluding hydrogens is 286 g/mol. The summed E-state index contributed by atoms with van der Waals surface area (Å²) < 4.78 is 10.7. The van der Waals surface area contributed by atoms with Crippen molar-refractivity contribution in [3.63, 3.8) is 0 Å². The molecular formula is C13H14ClNO5. The van der Waals surface area contributed by atoms with Crippen molar-refractivity contribution in [2.75, 3.05) is 6.61 Å². The zero-order chi connectivity index (χ0) is 14.3. The molecule has 1 fully saturated rings. The van der Waals surface area contributed by atoms with Crippen LogP contribution in [0, 0.1) is 0 Å². The molecule has 2 aliphatic heterocycles.